The van der Waals surface area contributed by atoms with Crippen molar-refractivity contribution in [1.29, 1.82) is 0 Å². The lowest BCUT2D eigenvalue weighted by molar-refractivity contribution is 0.102. The van der Waals surface area contributed by atoms with Crippen LogP contribution >= 0.6 is 34.4 Å². The van der Waals surface area contributed by atoms with Crippen LogP contribution in [0.25, 0.3) is 21.5 Å². The van der Waals surface area contributed by atoms with Crippen LogP contribution in [0.15, 0.2) is 52.2 Å². The van der Waals surface area contributed by atoms with Gasteiger partial charge in [-0.25, -0.2) is 4.98 Å². The number of fused-ring (bicyclic) bond motifs is 1. The average Bonchev–Trinajstić information content (AvgIpc) is 3.33. The van der Waals surface area contributed by atoms with Crippen LogP contribution in [0.1, 0.15) is 17.3 Å². The summed E-state index contributed by atoms with van der Waals surface area (Å²) in [5.41, 5.74) is 2.17. The summed E-state index contributed by atoms with van der Waals surface area (Å²) in [7, 11) is 0. The number of thioether (sulfide) groups is 1. The number of amides is 1. The molecular weight excluding hydrogens is 384 g/mol. The van der Waals surface area contributed by atoms with E-state index >= 15 is 0 Å². The fourth-order valence-corrected chi connectivity index (χ4v) is 4.85. The molecule has 0 radical (unpaired) electrons. The van der Waals surface area contributed by atoms with Gasteiger partial charge in [-0.05, 0) is 29.3 Å². The Kier molecular flexibility index (Phi) is 4.96. The number of pyridine rings is 1. The minimum absolute atomic E-state index is 0.203. The fraction of sp³-hybridized carbons (Fsp3) is 0.111. The lowest BCUT2D eigenvalue weighted by Gasteiger charge is -2.08. The van der Waals surface area contributed by atoms with E-state index in [4.69, 9.17) is 4.98 Å². The number of hydrogen-bond donors (Lipinski definition) is 1. The van der Waals surface area contributed by atoms with E-state index in [-0.39, 0.29) is 5.91 Å². The Labute approximate surface area is 162 Å². The second-order valence-corrected chi connectivity index (χ2v) is 8.75. The van der Waals surface area contributed by atoms with Gasteiger partial charge in [0.1, 0.15) is 0 Å². The molecule has 5 nitrogen and oxygen atoms in total. The van der Waals surface area contributed by atoms with Gasteiger partial charge in [-0.2, -0.15) is 0 Å². The molecule has 0 aliphatic heterocycles. The molecule has 1 amide bonds. The van der Waals surface area contributed by atoms with E-state index in [1.807, 2.05) is 47.8 Å². The van der Waals surface area contributed by atoms with Crippen molar-refractivity contribution in [1.82, 2.24) is 15.2 Å². The topological polar surface area (TPSA) is 67.8 Å². The third kappa shape index (κ3) is 3.48. The second kappa shape index (κ2) is 7.53. The van der Waals surface area contributed by atoms with Gasteiger partial charge in [-0.3, -0.25) is 10.1 Å². The lowest BCUT2D eigenvalue weighted by Crippen LogP contribution is -2.13. The average molecular weight is 399 g/mol. The van der Waals surface area contributed by atoms with Crippen LogP contribution < -0.4 is 5.32 Å². The van der Waals surface area contributed by atoms with E-state index in [1.165, 1.54) is 11.3 Å². The maximum atomic E-state index is 12.9. The Balaban J connectivity index is 1.72. The van der Waals surface area contributed by atoms with Gasteiger partial charge in [0.2, 0.25) is 5.13 Å². The number of benzene rings is 1. The highest BCUT2D eigenvalue weighted by molar-refractivity contribution is 8.01. The molecule has 0 saturated heterocycles. The maximum Gasteiger partial charge on any atom is 0.258 e. The van der Waals surface area contributed by atoms with Crippen LogP contribution in [0.3, 0.4) is 0 Å². The van der Waals surface area contributed by atoms with E-state index < -0.39 is 0 Å². The minimum Gasteiger partial charge on any atom is -0.296 e. The van der Waals surface area contributed by atoms with Crippen molar-refractivity contribution in [2.24, 2.45) is 0 Å². The number of nitrogens with zero attached hydrogens (tertiary/aromatic N) is 3. The van der Waals surface area contributed by atoms with Gasteiger partial charge >= 0.3 is 0 Å². The highest BCUT2D eigenvalue weighted by Crippen LogP contribution is 2.29. The molecule has 0 bridgehead atoms. The van der Waals surface area contributed by atoms with Gasteiger partial charge in [0.25, 0.3) is 5.91 Å². The normalized spacial score (nSPS) is 11.0. The zero-order chi connectivity index (χ0) is 17.9. The Morgan fingerprint density at radius 3 is 2.88 bits per heavy atom. The number of anilines is 1. The van der Waals surface area contributed by atoms with Gasteiger partial charge in [-0.1, -0.05) is 54.3 Å². The first-order chi connectivity index (χ1) is 12.7. The van der Waals surface area contributed by atoms with Crippen molar-refractivity contribution in [3.63, 3.8) is 0 Å². The molecule has 0 atom stereocenters. The predicted molar refractivity (Wildman–Crippen MR) is 109 cm³/mol. The molecule has 0 spiro atoms. The molecule has 0 unspecified atom stereocenters. The number of carbonyl (C=O) groups is 1. The standard InChI is InChI=1S/C18H14N4OS3/c1-2-24-18-22-21-17(26-18)20-16(23)12-10-14(15-8-5-9-25-15)19-13-7-4-3-6-11(12)13/h3-10H,2H2,1H3,(H,20,21,23). The van der Waals surface area contributed by atoms with Crippen LogP contribution in [-0.4, -0.2) is 26.8 Å². The van der Waals surface area contributed by atoms with Gasteiger partial charge < -0.3 is 0 Å². The highest BCUT2D eigenvalue weighted by atomic mass is 32.2. The number of thiophene rings is 1. The maximum absolute atomic E-state index is 12.9. The molecule has 130 valence electrons. The van der Waals surface area contributed by atoms with E-state index in [9.17, 15) is 4.79 Å². The summed E-state index contributed by atoms with van der Waals surface area (Å²) in [6.07, 6.45) is 0. The summed E-state index contributed by atoms with van der Waals surface area (Å²) in [5.74, 6) is 0.715. The van der Waals surface area contributed by atoms with Crippen molar-refractivity contribution in [2.75, 3.05) is 11.1 Å². The number of hydrogen-bond acceptors (Lipinski definition) is 7. The number of aromatic nitrogens is 3. The SMILES string of the molecule is CCSc1nnc(NC(=O)c2cc(-c3cccs3)nc3ccccc23)s1. The zero-order valence-electron chi connectivity index (χ0n) is 13.8. The van der Waals surface area contributed by atoms with Crippen LogP contribution in [0, 0.1) is 0 Å². The first-order valence-corrected chi connectivity index (χ1v) is 10.6. The molecule has 3 heterocycles. The fourth-order valence-electron chi connectivity index (χ4n) is 2.52. The molecule has 8 heteroatoms. The Bertz CT molecular complexity index is 1060. The van der Waals surface area contributed by atoms with Crippen molar-refractivity contribution in [2.45, 2.75) is 11.3 Å². The first-order valence-electron chi connectivity index (χ1n) is 7.96. The summed E-state index contributed by atoms with van der Waals surface area (Å²) >= 11 is 4.59. The Morgan fingerprint density at radius 1 is 1.19 bits per heavy atom. The molecular formula is C18H14N4OS3. The number of carbonyl (C=O) groups excluding carboxylic acids is 1. The van der Waals surface area contributed by atoms with Crippen LogP contribution in [0.2, 0.25) is 0 Å². The molecule has 0 aliphatic carbocycles. The zero-order valence-corrected chi connectivity index (χ0v) is 16.3. The molecule has 0 fully saturated rings. The van der Waals surface area contributed by atoms with Crippen LogP contribution in [0.4, 0.5) is 5.13 Å². The summed E-state index contributed by atoms with van der Waals surface area (Å²) in [6, 6.07) is 13.5. The second-order valence-electron chi connectivity index (χ2n) is 5.31. The van der Waals surface area contributed by atoms with Crippen molar-refractivity contribution in [3.8, 4) is 10.6 Å². The highest BCUT2D eigenvalue weighted by Gasteiger charge is 2.16. The summed E-state index contributed by atoms with van der Waals surface area (Å²) in [4.78, 5) is 18.6. The third-order valence-electron chi connectivity index (χ3n) is 3.63. The Morgan fingerprint density at radius 2 is 2.08 bits per heavy atom. The monoisotopic (exact) mass is 398 g/mol. The van der Waals surface area contributed by atoms with Crippen molar-refractivity contribution < 1.29 is 4.79 Å². The number of rotatable bonds is 5. The van der Waals surface area contributed by atoms with Crippen LogP contribution in [0.5, 0.6) is 0 Å². The van der Waals surface area contributed by atoms with E-state index in [0.29, 0.717) is 10.7 Å². The number of para-hydroxylation sites is 1. The summed E-state index contributed by atoms with van der Waals surface area (Å²) in [6.45, 7) is 2.06. The molecule has 1 aromatic carbocycles. The predicted octanol–water partition coefficient (Wildman–Crippen LogP) is 5.18. The van der Waals surface area contributed by atoms with Gasteiger partial charge in [0.15, 0.2) is 4.34 Å². The molecule has 4 aromatic rings. The lowest BCUT2D eigenvalue weighted by atomic mass is 10.1. The molecule has 0 aliphatic rings. The molecule has 1 N–H and O–H groups in total. The smallest absolute Gasteiger partial charge is 0.258 e. The van der Waals surface area contributed by atoms with Gasteiger partial charge in [-0.15, -0.1) is 21.5 Å². The largest absolute Gasteiger partial charge is 0.296 e. The van der Waals surface area contributed by atoms with Crippen molar-refractivity contribution in [3.05, 3.63) is 53.4 Å². The minimum atomic E-state index is -0.203. The molecule has 4 rings (SSSR count). The van der Waals surface area contributed by atoms with Crippen LogP contribution in [-0.2, 0) is 0 Å². The van der Waals surface area contributed by atoms with Crippen molar-refractivity contribution >= 4 is 56.4 Å². The van der Waals surface area contributed by atoms with Gasteiger partial charge in [0, 0.05) is 5.39 Å². The van der Waals surface area contributed by atoms with Gasteiger partial charge in [0.05, 0.1) is 21.7 Å². The molecule has 0 saturated carbocycles. The van der Waals surface area contributed by atoms with E-state index in [2.05, 4.69) is 22.4 Å². The quantitative estimate of drug-likeness (QED) is 0.371. The number of nitrogens with one attached hydrogen (secondary N) is 1. The molecule has 3 aromatic heterocycles. The summed E-state index contributed by atoms with van der Waals surface area (Å²) < 4.78 is 0.849. The first kappa shape index (κ1) is 17.1. The molecule has 26 heavy (non-hydrogen) atoms. The Hall–Kier alpha value is -2.29. The van der Waals surface area contributed by atoms with E-state index in [0.717, 1.165) is 31.6 Å². The third-order valence-corrected chi connectivity index (χ3v) is 6.38. The summed E-state index contributed by atoms with van der Waals surface area (Å²) in [5, 5.41) is 14.3. The van der Waals surface area contributed by atoms with E-state index in [1.54, 1.807) is 23.1 Å².